The summed E-state index contributed by atoms with van der Waals surface area (Å²) in [5.41, 5.74) is 0. The van der Waals surface area contributed by atoms with Gasteiger partial charge in [0.05, 0.1) is 19.3 Å². The molecule has 0 radical (unpaired) electrons. The molecular weight excluding hydrogens is 456 g/mol. The van der Waals surface area contributed by atoms with E-state index in [1.165, 1.54) is 6.92 Å². The van der Waals surface area contributed by atoms with Gasteiger partial charge >= 0.3 is 0 Å². The monoisotopic (exact) mass is 488 g/mol. The molecule has 3 saturated heterocycles. The Balaban J connectivity index is 1.80. The van der Waals surface area contributed by atoms with E-state index < -0.39 is 105 Å². The van der Waals surface area contributed by atoms with E-state index in [0.717, 1.165) is 0 Å². The molecule has 3 aliphatic heterocycles. The molecule has 0 spiro atoms. The Morgan fingerprint density at radius 2 is 0.970 bits per heavy atom. The molecule has 0 aromatic carbocycles. The van der Waals surface area contributed by atoms with E-state index in [0.29, 0.717) is 0 Å². The molecule has 0 aromatic heterocycles. The SMILES string of the molecule is C[C@@H]1O[C@@H](O)[C@H](O[C@H]2O[C@H](CO)[C@@H](O)[C@H](O)[C@H]2O)[C@H](O[C@@H]2O[C@H](CO)[C@@H](O)[C@H](O)[C@H]2O)[C@H]1O. The van der Waals surface area contributed by atoms with Gasteiger partial charge in [0.1, 0.15) is 67.1 Å². The van der Waals surface area contributed by atoms with E-state index in [1.807, 2.05) is 0 Å². The lowest BCUT2D eigenvalue weighted by molar-refractivity contribution is -0.385. The van der Waals surface area contributed by atoms with Crippen LogP contribution in [0.2, 0.25) is 0 Å². The molecule has 0 aliphatic carbocycles. The Morgan fingerprint density at radius 1 is 0.545 bits per heavy atom. The van der Waals surface area contributed by atoms with Crippen LogP contribution in [-0.4, -0.2) is 156 Å². The number of aliphatic hydroxyl groups is 10. The number of hydrogen-bond acceptors (Lipinski definition) is 15. The Kier molecular flexibility index (Phi) is 8.99. The molecular formula is C18H32O15. The van der Waals surface area contributed by atoms with Crippen molar-refractivity contribution < 1.29 is 74.7 Å². The lowest BCUT2D eigenvalue weighted by Crippen LogP contribution is -2.66. The van der Waals surface area contributed by atoms with E-state index in [4.69, 9.17) is 23.7 Å². The van der Waals surface area contributed by atoms with Crippen LogP contribution >= 0.6 is 0 Å². The molecule has 3 aliphatic rings. The summed E-state index contributed by atoms with van der Waals surface area (Å²) in [6, 6.07) is 0. The largest absolute Gasteiger partial charge is 0.394 e. The van der Waals surface area contributed by atoms with Crippen molar-refractivity contribution in [1.82, 2.24) is 0 Å². The summed E-state index contributed by atoms with van der Waals surface area (Å²) in [6.07, 6.45) is -24.1. The Hall–Kier alpha value is -0.600. The smallest absolute Gasteiger partial charge is 0.187 e. The third kappa shape index (κ3) is 5.32. The molecule has 33 heavy (non-hydrogen) atoms. The van der Waals surface area contributed by atoms with Crippen molar-refractivity contribution in [1.29, 1.82) is 0 Å². The van der Waals surface area contributed by atoms with Gasteiger partial charge in [-0.3, -0.25) is 0 Å². The molecule has 0 unspecified atom stereocenters. The van der Waals surface area contributed by atoms with Crippen LogP contribution in [0.1, 0.15) is 6.92 Å². The zero-order chi connectivity index (χ0) is 24.6. The second kappa shape index (κ2) is 11.0. The molecule has 10 N–H and O–H groups in total. The summed E-state index contributed by atoms with van der Waals surface area (Å²) in [6.45, 7) is -0.0778. The molecule has 3 heterocycles. The number of ether oxygens (including phenoxy) is 5. The fraction of sp³-hybridized carbons (Fsp3) is 1.00. The minimum Gasteiger partial charge on any atom is -0.394 e. The van der Waals surface area contributed by atoms with Gasteiger partial charge in [0, 0.05) is 0 Å². The highest BCUT2D eigenvalue weighted by molar-refractivity contribution is 4.95. The molecule has 3 rings (SSSR count). The molecule has 0 aromatic rings. The van der Waals surface area contributed by atoms with Crippen LogP contribution in [0.15, 0.2) is 0 Å². The lowest BCUT2D eigenvalue weighted by Gasteiger charge is -2.48. The van der Waals surface area contributed by atoms with Crippen molar-refractivity contribution in [2.24, 2.45) is 0 Å². The van der Waals surface area contributed by atoms with Crippen LogP contribution in [0.4, 0.5) is 0 Å². The minimum absolute atomic E-state index is 0.731. The maximum absolute atomic E-state index is 10.6. The van der Waals surface area contributed by atoms with Crippen molar-refractivity contribution in [3.63, 3.8) is 0 Å². The van der Waals surface area contributed by atoms with Crippen LogP contribution in [-0.2, 0) is 23.7 Å². The predicted molar refractivity (Wildman–Crippen MR) is 99.8 cm³/mol. The average molecular weight is 488 g/mol. The number of rotatable bonds is 6. The maximum atomic E-state index is 10.6. The Bertz CT molecular complexity index is 622. The van der Waals surface area contributed by atoms with E-state index in [9.17, 15) is 51.1 Å². The minimum atomic E-state index is -1.83. The summed E-state index contributed by atoms with van der Waals surface area (Å²) in [7, 11) is 0. The normalized spacial score (nSPS) is 53.7. The Morgan fingerprint density at radius 3 is 1.39 bits per heavy atom. The zero-order valence-electron chi connectivity index (χ0n) is 17.6. The van der Waals surface area contributed by atoms with Gasteiger partial charge in [-0.1, -0.05) is 0 Å². The highest BCUT2D eigenvalue weighted by Gasteiger charge is 2.53. The first kappa shape index (κ1) is 27.0. The fourth-order valence-electron chi connectivity index (χ4n) is 3.97. The maximum Gasteiger partial charge on any atom is 0.187 e. The quantitative estimate of drug-likeness (QED) is 0.167. The van der Waals surface area contributed by atoms with Gasteiger partial charge in [-0.25, -0.2) is 0 Å². The van der Waals surface area contributed by atoms with Gasteiger partial charge in [-0.05, 0) is 6.92 Å². The van der Waals surface area contributed by atoms with Gasteiger partial charge in [0.25, 0.3) is 0 Å². The van der Waals surface area contributed by atoms with Crippen LogP contribution in [0, 0.1) is 0 Å². The summed E-state index contributed by atoms with van der Waals surface area (Å²) in [4.78, 5) is 0. The van der Waals surface area contributed by atoms with Crippen molar-refractivity contribution in [3.8, 4) is 0 Å². The van der Waals surface area contributed by atoms with E-state index in [2.05, 4.69) is 0 Å². The molecule has 0 saturated carbocycles. The molecule has 15 heteroatoms. The van der Waals surface area contributed by atoms with Gasteiger partial charge in [0.2, 0.25) is 0 Å². The van der Waals surface area contributed by atoms with Crippen LogP contribution in [0.25, 0.3) is 0 Å². The lowest BCUT2D eigenvalue weighted by atomic mass is 9.96. The molecule has 15 nitrogen and oxygen atoms in total. The van der Waals surface area contributed by atoms with Crippen LogP contribution in [0.3, 0.4) is 0 Å². The molecule has 194 valence electrons. The van der Waals surface area contributed by atoms with Crippen LogP contribution in [0.5, 0.6) is 0 Å². The van der Waals surface area contributed by atoms with Gasteiger partial charge < -0.3 is 74.7 Å². The van der Waals surface area contributed by atoms with Crippen molar-refractivity contribution in [2.75, 3.05) is 13.2 Å². The highest BCUT2D eigenvalue weighted by atomic mass is 16.8. The van der Waals surface area contributed by atoms with E-state index >= 15 is 0 Å². The van der Waals surface area contributed by atoms with Gasteiger partial charge in [-0.2, -0.15) is 0 Å². The molecule has 0 amide bonds. The van der Waals surface area contributed by atoms with E-state index in [-0.39, 0.29) is 0 Å². The second-order valence-electron chi connectivity index (χ2n) is 8.32. The first-order chi connectivity index (χ1) is 15.5. The summed E-state index contributed by atoms with van der Waals surface area (Å²) >= 11 is 0. The van der Waals surface area contributed by atoms with Crippen molar-refractivity contribution in [2.45, 2.75) is 99.0 Å². The van der Waals surface area contributed by atoms with Crippen molar-refractivity contribution >= 4 is 0 Å². The van der Waals surface area contributed by atoms with Gasteiger partial charge in [-0.15, -0.1) is 0 Å². The number of aliphatic hydroxyl groups excluding tert-OH is 10. The Labute approximate surface area is 187 Å². The third-order valence-electron chi connectivity index (χ3n) is 6.06. The van der Waals surface area contributed by atoms with Crippen molar-refractivity contribution in [3.05, 3.63) is 0 Å². The molecule has 15 atom stereocenters. The summed E-state index contributed by atoms with van der Waals surface area (Å²) < 4.78 is 26.8. The fourth-order valence-corrected chi connectivity index (χ4v) is 3.97. The first-order valence-corrected chi connectivity index (χ1v) is 10.4. The van der Waals surface area contributed by atoms with Gasteiger partial charge in [0.15, 0.2) is 18.9 Å². The standard InChI is InChI=1S/C18H32O15/c1-4-7(21)14(32-17-12(26)10(24)8(22)5(2-19)30-17)15(16(28)29-4)33-18-13(27)11(25)9(23)6(3-20)31-18/h4-28H,2-3H2,1H3/t4-,5+,6+,7-,8+,9+,10-,11-,12+,13+,14+,15+,16+,17-,18+/m0/s1. The van der Waals surface area contributed by atoms with E-state index in [1.54, 1.807) is 0 Å². The molecule has 0 bridgehead atoms. The average Bonchev–Trinajstić information content (AvgIpc) is 2.79. The summed E-state index contributed by atoms with van der Waals surface area (Å²) in [5, 5.41) is 99.9. The first-order valence-electron chi connectivity index (χ1n) is 10.4. The third-order valence-corrected chi connectivity index (χ3v) is 6.06. The predicted octanol–water partition coefficient (Wildman–Crippen LogP) is -6.55. The number of hydrogen-bond donors (Lipinski definition) is 10. The summed E-state index contributed by atoms with van der Waals surface area (Å²) in [5.74, 6) is 0. The second-order valence-corrected chi connectivity index (χ2v) is 8.32. The topological polar surface area (TPSA) is 248 Å². The molecule has 3 fully saturated rings. The zero-order valence-corrected chi connectivity index (χ0v) is 17.6. The highest BCUT2D eigenvalue weighted by Crippen LogP contribution is 2.32. The van der Waals surface area contributed by atoms with Crippen LogP contribution < -0.4 is 0 Å².